The summed E-state index contributed by atoms with van der Waals surface area (Å²) in [6.07, 6.45) is 7.18. The van der Waals surface area contributed by atoms with Crippen LogP contribution in [0.15, 0.2) is 42.7 Å². The molecule has 0 unspecified atom stereocenters. The first kappa shape index (κ1) is 13.1. The van der Waals surface area contributed by atoms with Gasteiger partial charge in [-0.1, -0.05) is 6.07 Å². The predicted molar refractivity (Wildman–Crippen MR) is 98.5 cm³/mol. The van der Waals surface area contributed by atoms with Crippen molar-refractivity contribution < 1.29 is 0 Å². The summed E-state index contributed by atoms with van der Waals surface area (Å²) in [5.41, 5.74) is 8.31. The lowest BCUT2D eigenvalue weighted by Gasteiger charge is -2.12. The second-order valence-electron chi connectivity index (χ2n) is 6.73. The Morgan fingerprint density at radius 3 is 2.68 bits per heavy atom. The third-order valence-corrected chi connectivity index (χ3v) is 5.35. The molecule has 0 saturated heterocycles. The number of pyridine rings is 1. The molecule has 5 aromatic rings. The maximum atomic E-state index is 5.07. The van der Waals surface area contributed by atoms with Gasteiger partial charge in [-0.3, -0.25) is 10.2 Å². The van der Waals surface area contributed by atoms with E-state index in [0.29, 0.717) is 0 Å². The molecule has 3 heterocycles. The summed E-state index contributed by atoms with van der Waals surface area (Å²) < 4.78 is 0. The Morgan fingerprint density at radius 2 is 1.68 bits per heavy atom. The Labute approximate surface area is 143 Å². The minimum absolute atomic E-state index is 1.05. The molecule has 0 bridgehead atoms. The molecule has 1 aliphatic rings. The van der Waals surface area contributed by atoms with Crippen LogP contribution in [0.4, 0.5) is 0 Å². The maximum Gasteiger partial charge on any atom is 0.0744 e. The van der Waals surface area contributed by atoms with Gasteiger partial charge in [-0.2, -0.15) is 10.2 Å². The average molecular weight is 325 g/mol. The number of fused-ring (bicyclic) bond motifs is 6. The summed E-state index contributed by atoms with van der Waals surface area (Å²) in [7, 11) is 0. The maximum absolute atomic E-state index is 5.07. The van der Waals surface area contributed by atoms with Gasteiger partial charge < -0.3 is 0 Å². The highest BCUT2D eigenvalue weighted by Gasteiger charge is 2.22. The van der Waals surface area contributed by atoms with E-state index >= 15 is 0 Å². The number of aryl methyl sites for hydroxylation is 1. The van der Waals surface area contributed by atoms with Gasteiger partial charge >= 0.3 is 0 Å². The van der Waals surface area contributed by atoms with Gasteiger partial charge in [0.05, 0.1) is 34.6 Å². The van der Waals surface area contributed by atoms with Gasteiger partial charge in [-0.15, -0.1) is 0 Å². The first-order chi connectivity index (χ1) is 12.4. The fraction of sp³-hybridized carbons (Fsp3) is 0.150. The lowest BCUT2D eigenvalue weighted by Crippen LogP contribution is -1.96. The summed E-state index contributed by atoms with van der Waals surface area (Å²) in [6.45, 7) is 0. The Balaban J connectivity index is 1.71. The van der Waals surface area contributed by atoms with Gasteiger partial charge in [-0.05, 0) is 54.7 Å². The average Bonchev–Trinajstić information content (AvgIpc) is 3.38. The quantitative estimate of drug-likeness (QED) is 0.486. The first-order valence-electron chi connectivity index (χ1n) is 8.59. The van der Waals surface area contributed by atoms with E-state index in [1.54, 1.807) is 0 Å². The van der Waals surface area contributed by atoms with Crippen molar-refractivity contribution >= 4 is 32.7 Å². The van der Waals surface area contributed by atoms with E-state index in [4.69, 9.17) is 4.98 Å². The van der Waals surface area contributed by atoms with Crippen LogP contribution in [0.3, 0.4) is 0 Å². The van der Waals surface area contributed by atoms with Crippen LogP contribution in [0.1, 0.15) is 17.5 Å². The lowest BCUT2D eigenvalue weighted by atomic mass is 9.97. The first-order valence-corrected chi connectivity index (χ1v) is 8.59. The third-order valence-electron chi connectivity index (χ3n) is 5.35. The molecule has 0 amide bonds. The highest BCUT2D eigenvalue weighted by atomic mass is 15.1. The topological polar surface area (TPSA) is 70.2 Å². The summed E-state index contributed by atoms with van der Waals surface area (Å²) in [5.74, 6) is 0. The molecule has 0 saturated carbocycles. The van der Waals surface area contributed by atoms with Crippen molar-refractivity contribution in [3.8, 4) is 11.3 Å². The highest BCUT2D eigenvalue weighted by molar-refractivity contribution is 6.08. The zero-order valence-electron chi connectivity index (χ0n) is 13.5. The van der Waals surface area contributed by atoms with Crippen molar-refractivity contribution in [3.63, 3.8) is 0 Å². The van der Waals surface area contributed by atoms with Gasteiger partial charge in [0.2, 0.25) is 0 Å². The van der Waals surface area contributed by atoms with Crippen molar-refractivity contribution in [2.24, 2.45) is 0 Å². The van der Waals surface area contributed by atoms with E-state index in [2.05, 4.69) is 50.7 Å². The molecule has 25 heavy (non-hydrogen) atoms. The normalized spacial score (nSPS) is 13.9. The van der Waals surface area contributed by atoms with Crippen LogP contribution in [-0.4, -0.2) is 25.4 Å². The molecule has 2 N–H and O–H groups in total. The lowest BCUT2D eigenvalue weighted by molar-refractivity contribution is 0.913. The highest BCUT2D eigenvalue weighted by Crippen LogP contribution is 2.38. The molecule has 5 nitrogen and oxygen atoms in total. The Morgan fingerprint density at radius 1 is 0.840 bits per heavy atom. The minimum Gasteiger partial charge on any atom is -0.278 e. The summed E-state index contributed by atoms with van der Waals surface area (Å²) >= 11 is 0. The molecule has 0 aliphatic heterocycles. The SMILES string of the molecule is c1cc2[nH]ncc2cc1-c1nc2ccc3[nH]ncc3c2c2c1CCC2. The van der Waals surface area contributed by atoms with E-state index in [-0.39, 0.29) is 0 Å². The third kappa shape index (κ3) is 1.75. The molecule has 0 spiro atoms. The van der Waals surface area contributed by atoms with Gasteiger partial charge in [-0.25, -0.2) is 4.98 Å². The van der Waals surface area contributed by atoms with E-state index in [0.717, 1.165) is 40.5 Å². The number of rotatable bonds is 1. The van der Waals surface area contributed by atoms with Gasteiger partial charge in [0.15, 0.2) is 0 Å². The van der Waals surface area contributed by atoms with Gasteiger partial charge in [0.1, 0.15) is 0 Å². The van der Waals surface area contributed by atoms with Crippen LogP contribution in [0.2, 0.25) is 0 Å². The molecule has 5 heteroatoms. The molecule has 120 valence electrons. The van der Waals surface area contributed by atoms with E-state index in [1.807, 2.05) is 12.4 Å². The Hall–Kier alpha value is -3.21. The largest absolute Gasteiger partial charge is 0.278 e. The zero-order chi connectivity index (χ0) is 16.4. The van der Waals surface area contributed by atoms with Crippen molar-refractivity contribution in [1.29, 1.82) is 0 Å². The molecule has 2 aromatic carbocycles. The fourth-order valence-corrected chi connectivity index (χ4v) is 4.21. The van der Waals surface area contributed by atoms with Crippen LogP contribution in [-0.2, 0) is 12.8 Å². The Kier molecular flexibility index (Phi) is 2.45. The number of hydrogen-bond acceptors (Lipinski definition) is 3. The summed E-state index contributed by atoms with van der Waals surface area (Å²) in [5, 5.41) is 18.0. The number of nitrogens with one attached hydrogen (secondary N) is 2. The monoisotopic (exact) mass is 325 g/mol. The minimum atomic E-state index is 1.05. The number of nitrogens with zero attached hydrogens (tertiary/aromatic N) is 3. The molecule has 0 radical (unpaired) electrons. The number of aromatic amines is 2. The number of hydrogen-bond donors (Lipinski definition) is 2. The Bertz CT molecular complexity index is 1280. The van der Waals surface area contributed by atoms with Gasteiger partial charge in [0.25, 0.3) is 0 Å². The molecule has 0 fully saturated rings. The van der Waals surface area contributed by atoms with Gasteiger partial charge in [0, 0.05) is 21.7 Å². The van der Waals surface area contributed by atoms with Crippen LogP contribution in [0, 0.1) is 0 Å². The molecule has 0 atom stereocenters. The molecular weight excluding hydrogens is 310 g/mol. The van der Waals surface area contributed by atoms with Crippen LogP contribution >= 0.6 is 0 Å². The van der Waals surface area contributed by atoms with Crippen molar-refractivity contribution in [2.45, 2.75) is 19.3 Å². The van der Waals surface area contributed by atoms with Crippen molar-refractivity contribution in [1.82, 2.24) is 25.4 Å². The second-order valence-corrected chi connectivity index (χ2v) is 6.73. The predicted octanol–water partition coefficient (Wildman–Crippen LogP) is 4.14. The summed E-state index contributed by atoms with van der Waals surface area (Å²) in [4.78, 5) is 5.07. The number of H-pyrrole nitrogens is 2. The second kappa shape index (κ2) is 4.66. The molecule has 6 rings (SSSR count). The van der Waals surface area contributed by atoms with E-state index in [9.17, 15) is 0 Å². The van der Waals surface area contributed by atoms with Crippen molar-refractivity contribution in [3.05, 3.63) is 53.9 Å². The van der Waals surface area contributed by atoms with E-state index in [1.165, 1.54) is 33.9 Å². The smallest absolute Gasteiger partial charge is 0.0744 e. The van der Waals surface area contributed by atoms with Crippen LogP contribution in [0.5, 0.6) is 0 Å². The fourth-order valence-electron chi connectivity index (χ4n) is 4.21. The molecule has 1 aliphatic carbocycles. The summed E-state index contributed by atoms with van der Waals surface area (Å²) in [6, 6.07) is 10.6. The van der Waals surface area contributed by atoms with E-state index < -0.39 is 0 Å². The van der Waals surface area contributed by atoms with Crippen LogP contribution < -0.4 is 0 Å². The number of benzene rings is 2. The number of aromatic nitrogens is 5. The zero-order valence-corrected chi connectivity index (χ0v) is 13.5. The van der Waals surface area contributed by atoms with Crippen LogP contribution in [0.25, 0.3) is 44.0 Å². The standard InChI is InChI=1S/C20H15N5/c1-2-13-14(3-1)20(11-4-5-16-12(8-11)9-21-24-16)23-18-7-6-17-15(19(13)18)10-22-25-17/h4-10H,1-3H2,(H,21,24)(H,22,25). The molecule has 3 aromatic heterocycles. The van der Waals surface area contributed by atoms with Crippen molar-refractivity contribution in [2.75, 3.05) is 0 Å². The molecular formula is C20H15N5.